The first-order valence-corrected chi connectivity index (χ1v) is 16.9. The van der Waals surface area contributed by atoms with E-state index >= 15 is 0 Å². The van der Waals surface area contributed by atoms with Gasteiger partial charge in [-0.05, 0) is 143 Å². The van der Waals surface area contributed by atoms with Gasteiger partial charge in [0.25, 0.3) is 0 Å². The Morgan fingerprint density at radius 2 is 1.70 bits per heavy atom. The van der Waals surface area contributed by atoms with Crippen LogP contribution < -0.4 is 0 Å². The third-order valence-corrected chi connectivity index (χ3v) is 13.5. The van der Waals surface area contributed by atoms with Gasteiger partial charge in [-0.3, -0.25) is 9.59 Å². The smallest absolute Gasteiger partial charge is 0.308 e. The number of fused-ring (bicyclic) bond motifs is 5. The first kappa shape index (κ1) is 30.4. The quantitative estimate of drug-likeness (QED) is 0.293. The van der Waals surface area contributed by atoms with Gasteiger partial charge in [0, 0.05) is 6.42 Å². The van der Waals surface area contributed by atoms with Crippen LogP contribution in [0.4, 0.5) is 0 Å². The molecule has 5 heteroatoms. The van der Waals surface area contributed by atoms with E-state index in [4.69, 9.17) is 9.47 Å². The minimum absolute atomic E-state index is 0.0202. The number of carbonyl (C=O) groups is 2. The molecule has 0 amide bonds. The molecule has 0 heterocycles. The zero-order valence-electron chi connectivity index (χ0n) is 26.5. The molecule has 40 heavy (non-hydrogen) atoms. The van der Waals surface area contributed by atoms with Gasteiger partial charge in [-0.25, -0.2) is 0 Å². The van der Waals surface area contributed by atoms with E-state index in [1.165, 1.54) is 38.5 Å². The van der Waals surface area contributed by atoms with Crippen LogP contribution >= 0.6 is 0 Å². The Hall–Kier alpha value is -1.10. The van der Waals surface area contributed by atoms with Crippen molar-refractivity contribution in [1.82, 2.24) is 0 Å². The minimum Gasteiger partial charge on any atom is -0.462 e. The second-order valence-electron chi connectivity index (χ2n) is 16.0. The Bertz CT molecular complexity index is 940. The maximum absolute atomic E-state index is 12.7. The Morgan fingerprint density at radius 3 is 2.38 bits per heavy atom. The monoisotopic (exact) mass is 558 g/mol. The number of rotatable bonds is 9. The third-order valence-electron chi connectivity index (χ3n) is 13.5. The van der Waals surface area contributed by atoms with E-state index < -0.39 is 0 Å². The number of carbonyl (C=O) groups excluding carboxylic acids is 2. The molecule has 5 aliphatic rings. The summed E-state index contributed by atoms with van der Waals surface area (Å²) in [5.74, 6) is 3.66. The number of hydrogen-bond acceptors (Lipinski definition) is 5. The maximum atomic E-state index is 12.7. The van der Waals surface area contributed by atoms with Gasteiger partial charge in [-0.15, -0.1) is 0 Å². The number of aliphatic hydroxyl groups is 1. The van der Waals surface area contributed by atoms with Gasteiger partial charge < -0.3 is 14.6 Å². The number of esters is 2. The summed E-state index contributed by atoms with van der Waals surface area (Å²) in [6.07, 6.45) is 13.1. The summed E-state index contributed by atoms with van der Waals surface area (Å²) >= 11 is 0. The van der Waals surface area contributed by atoms with Crippen molar-refractivity contribution < 1.29 is 24.2 Å². The molecular formula is C35H58O5. The van der Waals surface area contributed by atoms with Crippen LogP contribution in [0.5, 0.6) is 0 Å². The molecule has 0 aliphatic heterocycles. The fraction of sp³-hybridized carbons (Fsp3) is 0.943. The van der Waals surface area contributed by atoms with Crippen molar-refractivity contribution in [2.45, 2.75) is 150 Å². The zero-order chi connectivity index (χ0) is 29.0. The van der Waals surface area contributed by atoms with Crippen molar-refractivity contribution in [2.75, 3.05) is 0 Å². The summed E-state index contributed by atoms with van der Waals surface area (Å²) in [4.78, 5) is 25.2. The highest BCUT2D eigenvalue weighted by Gasteiger charge is 2.64. The topological polar surface area (TPSA) is 72.8 Å². The van der Waals surface area contributed by atoms with Crippen molar-refractivity contribution in [3.63, 3.8) is 0 Å². The Labute approximate surface area is 243 Å². The first-order valence-electron chi connectivity index (χ1n) is 16.9. The lowest BCUT2D eigenvalue weighted by Crippen LogP contribution is -2.59. The molecule has 5 aliphatic carbocycles. The normalized spacial score (nSPS) is 42.6. The van der Waals surface area contributed by atoms with Gasteiger partial charge in [0.2, 0.25) is 0 Å². The lowest BCUT2D eigenvalue weighted by atomic mass is 9.43. The average Bonchev–Trinajstić information content (AvgIpc) is 3.71. The van der Waals surface area contributed by atoms with Gasteiger partial charge in [0.1, 0.15) is 11.7 Å². The van der Waals surface area contributed by atoms with E-state index in [1.807, 2.05) is 13.8 Å². The third kappa shape index (κ3) is 5.39. The Balaban J connectivity index is 1.21. The van der Waals surface area contributed by atoms with Crippen LogP contribution in [0.25, 0.3) is 0 Å². The molecule has 5 fully saturated rings. The highest BCUT2D eigenvalue weighted by Crippen LogP contribution is 2.68. The molecule has 11 unspecified atom stereocenters. The summed E-state index contributed by atoms with van der Waals surface area (Å²) in [6.45, 7) is 15.3. The molecule has 0 spiro atoms. The number of hydrogen-bond donors (Lipinski definition) is 1. The molecule has 5 saturated carbocycles. The standard InChI is InChI=1S/C35H58O5/c1-8-21(2)32(38)39-25-17-18-34(6)24(19-25)12-13-26-28-15-14-27(35(28,7)30(36)20-29(26)34)22(3)9-16-31(37)40-33(4,5)23-10-11-23/h21-30,36H,8-20H2,1-7H3. The second kappa shape index (κ2) is 11.2. The number of aliphatic hydroxyl groups excluding tert-OH is 1. The van der Waals surface area contributed by atoms with Crippen molar-refractivity contribution in [3.8, 4) is 0 Å². The molecule has 0 saturated heterocycles. The minimum atomic E-state index is -0.330. The molecule has 0 aromatic carbocycles. The molecule has 0 aromatic rings. The number of ether oxygens (including phenoxy) is 2. The van der Waals surface area contributed by atoms with E-state index in [9.17, 15) is 14.7 Å². The van der Waals surface area contributed by atoms with Crippen LogP contribution in [0.1, 0.15) is 132 Å². The summed E-state index contributed by atoms with van der Waals surface area (Å²) in [7, 11) is 0. The molecular weight excluding hydrogens is 500 g/mol. The average molecular weight is 559 g/mol. The Kier molecular flexibility index (Phi) is 8.50. The summed E-state index contributed by atoms with van der Waals surface area (Å²) in [6, 6.07) is 0. The van der Waals surface area contributed by atoms with Crippen molar-refractivity contribution >= 4 is 11.9 Å². The van der Waals surface area contributed by atoms with Gasteiger partial charge in [0.15, 0.2) is 0 Å². The molecule has 5 rings (SSSR count). The molecule has 0 aromatic heterocycles. The van der Waals surface area contributed by atoms with E-state index in [0.29, 0.717) is 47.8 Å². The zero-order valence-corrected chi connectivity index (χ0v) is 26.5. The van der Waals surface area contributed by atoms with Crippen molar-refractivity contribution in [2.24, 2.45) is 58.2 Å². The predicted octanol–water partition coefficient (Wildman–Crippen LogP) is 7.72. The Morgan fingerprint density at radius 1 is 0.975 bits per heavy atom. The van der Waals surface area contributed by atoms with Crippen molar-refractivity contribution in [1.29, 1.82) is 0 Å². The molecule has 0 radical (unpaired) electrons. The maximum Gasteiger partial charge on any atom is 0.308 e. The largest absolute Gasteiger partial charge is 0.462 e. The molecule has 5 nitrogen and oxygen atoms in total. The van der Waals surface area contributed by atoms with Gasteiger partial charge in [-0.1, -0.05) is 34.6 Å². The van der Waals surface area contributed by atoms with Crippen LogP contribution in [0.3, 0.4) is 0 Å². The summed E-state index contributed by atoms with van der Waals surface area (Å²) in [5.41, 5.74) is -0.167. The van der Waals surface area contributed by atoms with Crippen LogP contribution in [0.2, 0.25) is 0 Å². The lowest BCUT2D eigenvalue weighted by Gasteiger charge is -2.62. The van der Waals surface area contributed by atoms with Gasteiger partial charge in [0.05, 0.1) is 12.0 Å². The molecule has 0 bridgehead atoms. The van der Waals surface area contributed by atoms with Gasteiger partial charge >= 0.3 is 11.9 Å². The van der Waals surface area contributed by atoms with Crippen LogP contribution in [-0.4, -0.2) is 34.9 Å². The van der Waals surface area contributed by atoms with E-state index in [2.05, 4.69) is 34.6 Å². The molecule has 11 atom stereocenters. The van der Waals surface area contributed by atoms with E-state index in [0.717, 1.165) is 38.5 Å². The fourth-order valence-electron chi connectivity index (χ4n) is 10.5. The second-order valence-corrected chi connectivity index (χ2v) is 16.0. The first-order chi connectivity index (χ1) is 18.8. The van der Waals surface area contributed by atoms with Crippen LogP contribution in [0.15, 0.2) is 0 Å². The summed E-state index contributed by atoms with van der Waals surface area (Å²) in [5, 5.41) is 11.9. The lowest BCUT2D eigenvalue weighted by molar-refractivity contribution is -0.183. The summed E-state index contributed by atoms with van der Waals surface area (Å²) < 4.78 is 11.9. The van der Waals surface area contributed by atoms with Crippen LogP contribution in [-0.2, 0) is 19.1 Å². The highest BCUT2D eigenvalue weighted by atomic mass is 16.6. The van der Waals surface area contributed by atoms with Crippen LogP contribution in [0, 0.1) is 58.2 Å². The highest BCUT2D eigenvalue weighted by molar-refractivity contribution is 5.72. The van der Waals surface area contributed by atoms with E-state index in [1.54, 1.807) is 0 Å². The van der Waals surface area contributed by atoms with Crippen molar-refractivity contribution in [3.05, 3.63) is 0 Å². The predicted molar refractivity (Wildman–Crippen MR) is 157 cm³/mol. The molecule has 1 N–H and O–H groups in total. The fourth-order valence-corrected chi connectivity index (χ4v) is 10.5. The van der Waals surface area contributed by atoms with E-state index in [-0.39, 0.29) is 46.5 Å². The van der Waals surface area contributed by atoms with Gasteiger partial charge in [-0.2, -0.15) is 0 Å². The SMILES string of the molecule is CCC(C)C(=O)OC1CCC2(C)C(CCC3C2CC(O)C2(C)C(C(C)CCC(=O)OC(C)(C)C4CC4)CCC32)C1. The molecule has 228 valence electrons.